The van der Waals surface area contributed by atoms with Crippen LogP contribution >= 0.6 is 11.6 Å². The topological polar surface area (TPSA) is 30.7 Å². The van der Waals surface area contributed by atoms with Gasteiger partial charge < -0.3 is 0 Å². The van der Waals surface area contributed by atoms with E-state index in [1.54, 1.807) is 6.33 Å². The predicted molar refractivity (Wildman–Crippen MR) is 67.8 cm³/mol. The lowest BCUT2D eigenvalue weighted by atomic mass is 9.89. The maximum Gasteiger partial charge on any atom is 0.138 e. The molecule has 1 rings (SSSR count). The summed E-state index contributed by atoms with van der Waals surface area (Å²) in [5, 5.41) is 4.41. The minimum Gasteiger partial charge on any atom is -0.248 e. The van der Waals surface area contributed by atoms with Crippen LogP contribution in [0, 0.1) is 11.8 Å². The second-order valence-corrected chi connectivity index (χ2v) is 5.69. The Labute approximate surface area is 103 Å². The second kappa shape index (κ2) is 5.67. The third-order valence-corrected chi connectivity index (χ3v) is 3.32. The largest absolute Gasteiger partial charge is 0.248 e. The Morgan fingerprint density at radius 3 is 2.31 bits per heavy atom. The van der Waals surface area contributed by atoms with Gasteiger partial charge in [0.1, 0.15) is 12.2 Å². The van der Waals surface area contributed by atoms with Gasteiger partial charge in [-0.1, -0.05) is 13.8 Å². The lowest BCUT2D eigenvalue weighted by Crippen LogP contribution is -2.23. The molecule has 4 heteroatoms. The van der Waals surface area contributed by atoms with Gasteiger partial charge in [0.2, 0.25) is 0 Å². The summed E-state index contributed by atoms with van der Waals surface area (Å²) >= 11 is 6.23. The Hall–Kier alpha value is -0.570. The van der Waals surface area contributed by atoms with Gasteiger partial charge in [0.05, 0.1) is 0 Å². The van der Waals surface area contributed by atoms with Crippen molar-refractivity contribution in [3.8, 4) is 0 Å². The summed E-state index contributed by atoms with van der Waals surface area (Å²) in [6.07, 6.45) is 2.53. The van der Waals surface area contributed by atoms with Gasteiger partial charge >= 0.3 is 0 Å². The number of halogens is 1. The van der Waals surface area contributed by atoms with Crippen molar-refractivity contribution in [1.82, 2.24) is 14.8 Å². The van der Waals surface area contributed by atoms with Crippen molar-refractivity contribution in [2.24, 2.45) is 11.8 Å². The van der Waals surface area contributed by atoms with Gasteiger partial charge in [0.25, 0.3) is 0 Å². The summed E-state index contributed by atoms with van der Waals surface area (Å²) < 4.78 is 1.98. The SMILES string of the molecule is CC(C)C(Cc1ncnn1C(C)C)C(C)Cl. The molecule has 3 nitrogen and oxygen atoms in total. The van der Waals surface area contributed by atoms with E-state index in [1.807, 2.05) is 4.68 Å². The van der Waals surface area contributed by atoms with Gasteiger partial charge in [0, 0.05) is 17.8 Å². The quantitative estimate of drug-likeness (QED) is 0.743. The summed E-state index contributed by atoms with van der Waals surface area (Å²) in [6, 6.07) is 0.357. The Kier molecular flexibility index (Phi) is 4.78. The van der Waals surface area contributed by atoms with Crippen molar-refractivity contribution in [1.29, 1.82) is 0 Å². The highest BCUT2D eigenvalue weighted by atomic mass is 35.5. The third kappa shape index (κ3) is 3.21. The molecule has 0 saturated carbocycles. The molecule has 2 unspecified atom stereocenters. The molecule has 0 spiro atoms. The van der Waals surface area contributed by atoms with E-state index in [0.29, 0.717) is 17.9 Å². The lowest BCUT2D eigenvalue weighted by molar-refractivity contribution is 0.356. The van der Waals surface area contributed by atoms with Crippen LogP contribution in [0.1, 0.15) is 46.5 Å². The van der Waals surface area contributed by atoms with E-state index < -0.39 is 0 Å². The molecule has 92 valence electrons. The zero-order valence-corrected chi connectivity index (χ0v) is 11.6. The zero-order valence-electron chi connectivity index (χ0n) is 10.8. The van der Waals surface area contributed by atoms with Gasteiger partial charge in [-0.25, -0.2) is 9.67 Å². The number of aromatic nitrogens is 3. The number of hydrogen-bond acceptors (Lipinski definition) is 2. The minimum atomic E-state index is 0.164. The molecule has 0 N–H and O–H groups in total. The van der Waals surface area contributed by atoms with Crippen LogP contribution in [0.4, 0.5) is 0 Å². The standard InChI is InChI=1S/C12H22ClN3/c1-8(2)11(10(5)13)6-12-14-7-15-16(12)9(3)4/h7-11H,6H2,1-5H3. The van der Waals surface area contributed by atoms with Gasteiger partial charge in [-0.3, -0.25) is 0 Å². The van der Waals surface area contributed by atoms with Gasteiger partial charge in [-0.15, -0.1) is 11.6 Å². The number of rotatable bonds is 5. The van der Waals surface area contributed by atoms with E-state index >= 15 is 0 Å². The molecular weight excluding hydrogens is 222 g/mol. The average molecular weight is 244 g/mol. The minimum absolute atomic E-state index is 0.164. The van der Waals surface area contributed by atoms with Crippen molar-refractivity contribution in [3.05, 3.63) is 12.2 Å². The van der Waals surface area contributed by atoms with Gasteiger partial charge in [-0.2, -0.15) is 5.10 Å². The molecule has 0 saturated heterocycles. The summed E-state index contributed by atoms with van der Waals surface area (Å²) in [4.78, 5) is 4.34. The molecule has 16 heavy (non-hydrogen) atoms. The number of alkyl halides is 1. The molecule has 0 aliphatic rings. The summed E-state index contributed by atoms with van der Waals surface area (Å²) in [5.74, 6) is 2.05. The number of nitrogens with zero attached hydrogens (tertiary/aromatic N) is 3. The second-order valence-electron chi connectivity index (χ2n) is 5.00. The average Bonchev–Trinajstić information content (AvgIpc) is 2.60. The highest BCUT2D eigenvalue weighted by molar-refractivity contribution is 6.20. The highest BCUT2D eigenvalue weighted by Gasteiger charge is 2.22. The fraction of sp³-hybridized carbons (Fsp3) is 0.833. The molecule has 0 aliphatic carbocycles. The van der Waals surface area contributed by atoms with Crippen molar-refractivity contribution >= 4 is 11.6 Å². The molecule has 0 fully saturated rings. The fourth-order valence-electron chi connectivity index (χ4n) is 1.99. The van der Waals surface area contributed by atoms with Crippen LogP contribution in [-0.2, 0) is 6.42 Å². The molecular formula is C12H22ClN3. The highest BCUT2D eigenvalue weighted by Crippen LogP contribution is 2.24. The number of hydrogen-bond donors (Lipinski definition) is 0. The summed E-state index contributed by atoms with van der Waals surface area (Å²) in [6.45, 7) is 10.7. The van der Waals surface area contributed by atoms with Crippen LogP contribution in [0.2, 0.25) is 0 Å². The van der Waals surface area contributed by atoms with Crippen LogP contribution < -0.4 is 0 Å². The first-order chi connectivity index (χ1) is 7.43. The van der Waals surface area contributed by atoms with Gasteiger partial charge in [0.15, 0.2) is 0 Å². The van der Waals surface area contributed by atoms with Crippen LogP contribution in [0.5, 0.6) is 0 Å². The van der Waals surface area contributed by atoms with Crippen molar-refractivity contribution in [3.63, 3.8) is 0 Å². The molecule has 2 atom stereocenters. The van der Waals surface area contributed by atoms with Crippen molar-refractivity contribution in [2.75, 3.05) is 0 Å². The molecule has 1 heterocycles. The third-order valence-electron chi connectivity index (χ3n) is 3.00. The van der Waals surface area contributed by atoms with E-state index in [-0.39, 0.29) is 5.38 Å². The Balaban J connectivity index is 2.81. The molecule has 0 aromatic carbocycles. The van der Waals surface area contributed by atoms with Crippen LogP contribution in [0.3, 0.4) is 0 Å². The predicted octanol–water partition coefficient (Wildman–Crippen LogP) is 3.30. The maximum atomic E-state index is 6.23. The van der Waals surface area contributed by atoms with Gasteiger partial charge in [-0.05, 0) is 32.6 Å². The molecule has 0 aliphatic heterocycles. The van der Waals surface area contributed by atoms with E-state index in [4.69, 9.17) is 11.6 Å². The fourth-order valence-corrected chi connectivity index (χ4v) is 2.37. The van der Waals surface area contributed by atoms with Crippen LogP contribution in [-0.4, -0.2) is 20.1 Å². The van der Waals surface area contributed by atoms with Crippen LogP contribution in [0.25, 0.3) is 0 Å². The monoisotopic (exact) mass is 243 g/mol. The van der Waals surface area contributed by atoms with Crippen LogP contribution in [0.15, 0.2) is 6.33 Å². The smallest absolute Gasteiger partial charge is 0.138 e. The normalized spacial score (nSPS) is 15.8. The van der Waals surface area contributed by atoms with E-state index in [2.05, 4.69) is 44.7 Å². The molecule has 1 aromatic rings. The first kappa shape index (κ1) is 13.5. The Morgan fingerprint density at radius 1 is 1.25 bits per heavy atom. The van der Waals surface area contributed by atoms with E-state index in [1.165, 1.54) is 0 Å². The molecule has 1 aromatic heterocycles. The maximum absolute atomic E-state index is 6.23. The zero-order chi connectivity index (χ0) is 12.3. The van der Waals surface area contributed by atoms with E-state index in [9.17, 15) is 0 Å². The Morgan fingerprint density at radius 2 is 1.88 bits per heavy atom. The van der Waals surface area contributed by atoms with E-state index in [0.717, 1.165) is 12.2 Å². The summed E-state index contributed by atoms with van der Waals surface area (Å²) in [5.41, 5.74) is 0. The molecule has 0 radical (unpaired) electrons. The Bertz CT molecular complexity index is 310. The summed E-state index contributed by atoms with van der Waals surface area (Å²) in [7, 11) is 0. The first-order valence-electron chi connectivity index (χ1n) is 5.96. The van der Waals surface area contributed by atoms with Crippen molar-refractivity contribution in [2.45, 2.75) is 52.5 Å². The first-order valence-corrected chi connectivity index (χ1v) is 6.39. The molecule has 0 amide bonds. The van der Waals surface area contributed by atoms with Crippen molar-refractivity contribution < 1.29 is 0 Å². The molecule has 0 bridgehead atoms. The lowest BCUT2D eigenvalue weighted by Gasteiger charge is -2.23.